The molecular weight excluding hydrogens is 390 g/mol. The fourth-order valence-electron chi connectivity index (χ4n) is 4.48. The molecule has 0 saturated carbocycles. The first-order valence-electron chi connectivity index (χ1n) is 9.29. The minimum atomic E-state index is -0.839. The van der Waals surface area contributed by atoms with Crippen molar-refractivity contribution in [1.82, 2.24) is 5.01 Å². The Morgan fingerprint density at radius 3 is 2.48 bits per heavy atom. The third-order valence-corrected chi connectivity index (χ3v) is 5.92. The lowest BCUT2D eigenvalue weighted by atomic mass is 9.86. The first-order chi connectivity index (χ1) is 14.1. The smallest absolute Gasteiger partial charge is 0.240 e. The molecular formula is C22H16ClN3O3. The number of ketones is 1. The van der Waals surface area contributed by atoms with Gasteiger partial charge in [0.1, 0.15) is 6.04 Å². The van der Waals surface area contributed by atoms with Gasteiger partial charge in [0.25, 0.3) is 0 Å². The van der Waals surface area contributed by atoms with Crippen molar-refractivity contribution in [1.29, 1.82) is 0 Å². The maximum absolute atomic E-state index is 13.4. The van der Waals surface area contributed by atoms with Gasteiger partial charge in [-0.1, -0.05) is 54.1 Å². The maximum Gasteiger partial charge on any atom is 0.240 e. The molecule has 0 aliphatic carbocycles. The largest absolute Gasteiger partial charge is 0.292 e. The van der Waals surface area contributed by atoms with E-state index in [1.807, 2.05) is 12.1 Å². The second-order valence-electron chi connectivity index (χ2n) is 7.24. The summed E-state index contributed by atoms with van der Waals surface area (Å²) in [5.74, 6) is -2.42. The second-order valence-corrected chi connectivity index (χ2v) is 7.67. The molecule has 0 spiro atoms. The van der Waals surface area contributed by atoms with E-state index in [2.05, 4.69) is 5.10 Å². The zero-order valence-corrected chi connectivity index (χ0v) is 15.9. The summed E-state index contributed by atoms with van der Waals surface area (Å²) in [7, 11) is 0. The van der Waals surface area contributed by atoms with Crippen LogP contribution in [0.5, 0.6) is 0 Å². The van der Waals surface area contributed by atoms with E-state index < -0.39 is 29.8 Å². The molecule has 29 heavy (non-hydrogen) atoms. The number of carbonyl (C=O) groups excluding carboxylic acids is 3. The van der Waals surface area contributed by atoms with Gasteiger partial charge in [0, 0.05) is 16.8 Å². The van der Waals surface area contributed by atoms with E-state index in [1.165, 1.54) is 0 Å². The normalized spacial score (nSPS) is 27.3. The number of carbonyl (C=O) groups is 3. The highest BCUT2D eigenvalue weighted by atomic mass is 35.5. The predicted molar refractivity (Wildman–Crippen MR) is 109 cm³/mol. The molecule has 2 fully saturated rings. The van der Waals surface area contributed by atoms with Crippen LogP contribution in [0.25, 0.3) is 0 Å². The highest BCUT2D eigenvalue weighted by Crippen LogP contribution is 2.46. The van der Waals surface area contributed by atoms with Crippen LogP contribution in [0.4, 0.5) is 5.69 Å². The first-order valence-corrected chi connectivity index (χ1v) is 9.67. The Balaban J connectivity index is 1.59. The van der Waals surface area contributed by atoms with Crippen molar-refractivity contribution in [3.63, 3.8) is 0 Å². The highest BCUT2D eigenvalue weighted by Gasteiger charge is 2.64. The number of amides is 2. The van der Waals surface area contributed by atoms with Gasteiger partial charge in [0.15, 0.2) is 5.78 Å². The molecule has 5 rings (SSSR count). The van der Waals surface area contributed by atoms with E-state index >= 15 is 0 Å². The SMILES string of the molecule is O=C(c1ccccc1)[C@@H]1[C@H]2C(=O)N(c3cccc(Cl)c3)C(=O)[C@H]2[C@@H]2C=CC=NN12. The summed E-state index contributed by atoms with van der Waals surface area (Å²) in [4.78, 5) is 41.2. The summed E-state index contributed by atoms with van der Waals surface area (Å²) in [6.45, 7) is 0. The Morgan fingerprint density at radius 2 is 1.72 bits per heavy atom. The van der Waals surface area contributed by atoms with Gasteiger partial charge in [0.2, 0.25) is 11.8 Å². The zero-order valence-electron chi connectivity index (χ0n) is 15.2. The van der Waals surface area contributed by atoms with Crippen LogP contribution in [0.3, 0.4) is 0 Å². The van der Waals surface area contributed by atoms with Gasteiger partial charge in [0.05, 0.1) is 23.6 Å². The van der Waals surface area contributed by atoms with Crippen molar-refractivity contribution >= 4 is 41.1 Å². The molecule has 0 aromatic heterocycles. The highest BCUT2D eigenvalue weighted by molar-refractivity contribution is 6.31. The van der Waals surface area contributed by atoms with Crippen molar-refractivity contribution in [3.05, 3.63) is 77.3 Å². The molecule has 2 aromatic rings. The summed E-state index contributed by atoms with van der Waals surface area (Å²) < 4.78 is 0. The average Bonchev–Trinajstić information content (AvgIpc) is 3.21. The van der Waals surface area contributed by atoms with E-state index in [4.69, 9.17) is 11.6 Å². The van der Waals surface area contributed by atoms with Gasteiger partial charge in [-0.3, -0.25) is 19.4 Å². The molecule has 7 heteroatoms. The molecule has 0 radical (unpaired) electrons. The standard InChI is InChI=1S/C22H16ClN3O3/c23-14-8-4-9-15(12-14)25-21(28)17-16-10-5-11-24-26(16)19(18(17)22(25)29)20(27)13-6-2-1-3-7-13/h1-12,16-19H/t16-,17-,18-,19-/m0/s1. The minimum absolute atomic E-state index is 0.218. The lowest BCUT2D eigenvalue weighted by molar-refractivity contribution is -0.123. The van der Waals surface area contributed by atoms with Crippen molar-refractivity contribution in [3.8, 4) is 0 Å². The van der Waals surface area contributed by atoms with Gasteiger partial charge in [-0.2, -0.15) is 5.10 Å². The number of hydrogen-bond acceptors (Lipinski definition) is 5. The van der Waals surface area contributed by atoms with Crippen LogP contribution < -0.4 is 4.90 Å². The zero-order chi connectivity index (χ0) is 20.1. The number of halogens is 1. The number of hydrogen-bond donors (Lipinski definition) is 0. The van der Waals surface area contributed by atoms with Crippen molar-refractivity contribution in [2.45, 2.75) is 12.1 Å². The van der Waals surface area contributed by atoms with Crippen LogP contribution in [0.1, 0.15) is 10.4 Å². The predicted octanol–water partition coefficient (Wildman–Crippen LogP) is 2.94. The lowest BCUT2D eigenvalue weighted by Gasteiger charge is -2.30. The summed E-state index contributed by atoms with van der Waals surface area (Å²) in [5, 5.41) is 6.38. The number of imide groups is 1. The molecule has 3 aliphatic rings. The van der Waals surface area contributed by atoms with Crippen molar-refractivity contribution < 1.29 is 14.4 Å². The number of benzene rings is 2. The third-order valence-electron chi connectivity index (χ3n) is 5.68. The van der Waals surface area contributed by atoms with E-state index in [1.54, 1.807) is 65.8 Å². The molecule has 0 unspecified atom stereocenters. The Labute approximate surface area is 172 Å². The van der Waals surface area contributed by atoms with E-state index in [0.717, 1.165) is 4.90 Å². The van der Waals surface area contributed by atoms with Crippen LogP contribution in [0.15, 0.2) is 71.9 Å². The summed E-state index contributed by atoms with van der Waals surface area (Å²) in [6.07, 6.45) is 5.15. The van der Waals surface area contributed by atoms with Crippen LogP contribution in [0, 0.1) is 11.8 Å². The monoisotopic (exact) mass is 405 g/mol. The summed E-state index contributed by atoms with van der Waals surface area (Å²) in [5.41, 5.74) is 0.908. The number of hydrazone groups is 1. The lowest BCUT2D eigenvalue weighted by Crippen LogP contribution is -2.46. The molecule has 3 aliphatic heterocycles. The van der Waals surface area contributed by atoms with Gasteiger partial charge in [-0.05, 0) is 24.3 Å². The van der Waals surface area contributed by atoms with Crippen LogP contribution in [-0.4, -0.2) is 40.9 Å². The molecule has 6 nitrogen and oxygen atoms in total. The average molecular weight is 406 g/mol. The molecule has 0 bridgehead atoms. The summed E-state index contributed by atoms with van der Waals surface area (Å²) in [6, 6.07) is 14.1. The van der Waals surface area contributed by atoms with Crippen LogP contribution in [-0.2, 0) is 9.59 Å². The second kappa shape index (κ2) is 6.67. The Bertz CT molecular complexity index is 1080. The number of allylic oxidation sites excluding steroid dienone is 1. The Kier molecular flexibility index (Phi) is 4.10. The van der Waals surface area contributed by atoms with E-state index in [-0.39, 0.29) is 11.7 Å². The molecule has 2 saturated heterocycles. The van der Waals surface area contributed by atoms with Gasteiger partial charge >= 0.3 is 0 Å². The number of Topliss-reactive ketones (excluding diaryl/α,β-unsaturated/α-hetero) is 1. The number of nitrogens with zero attached hydrogens (tertiary/aromatic N) is 3. The Hall–Kier alpha value is -3.25. The number of rotatable bonds is 3. The van der Waals surface area contributed by atoms with E-state index in [9.17, 15) is 14.4 Å². The fraction of sp³-hybridized carbons (Fsp3) is 0.182. The van der Waals surface area contributed by atoms with Crippen LogP contribution in [0.2, 0.25) is 5.02 Å². The van der Waals surface area contributed by atoms with Gasteiger partial charge in [-0.25, -0.2) is 4.90 Å². The quantitative estimate of drug-likeness (QED) is 0.581. The van der Waals surface area contributed by atoms with E-state index in [0.29, 0.717) is 16.3 Å². The Morgan fingerprint density at radius 1 is 0.966 bits per heavy atom. The van der Waals surface area contributed by atoms with Gasteiger partial charge < -0.3 is 0 Å². The van der Waals surface area contributed by atoms with Crippen LogP contribution >= 0.6 is 11.6 Å². The summed E-state index contributed by atoms with van der Waals surface area (Å²) >= 11 is 6.07. The molecule has 0 N–H and O–H groups in total. The number of anilines is 1. The first kappa shape index (κ1) is 17.8. The van der Waals surface area contributed by atoms with Crippen molar-refractivity contribution in [2.24, 2.45) is 16.9 Å². The molecule has 2 amide bonds. The number of fused-ring (bicyclic) bond motifs is 3. The molecule has 3 heterocycles. The van der Waals surface area contributed by atoms with Crippen molar-refractivity contribution in [2.75, 3.05) is 4.90 Å². The topological polar surface area (TPSA) is 70.0 Å². The maximum atomic E-state index is 13.4. The molecule has 144 valence electrons. The third kappa shape index (κ3) is 2.63. The fourth-order valence-corrected chi connectivity index (χ4v) is 4.66. The minimum Gasteiger partial charge on any atom is -0.292 e. The van der Waals surface area contributed by atoms with Gasteiger partial charge in [-0.15, -0.1) is 0 Å². The molecule has 4 atom stereocenters. The molecule has 2 aromatic carbocycles.